The van der Waals surface area contributed by atoms with Crippen molar-refractivity contribution in [2.75, 3.05) is 19.7 Å². The van der Waals surface area contributed by atoms with Crippen LogP contribution in [-0.2, 0) is 4.74 Å². The zero-order chi connectivity index (χ0) is 12.8. The molecule has 1 saturated heterocycles. The maximum absolute atomic E-state index is 5.99. The van der Waals surface area contributed by atoms with Gasteiger partial charge in [-0.25, -0.2) is 0 Å². The molecule has 2 rings (SSSR count). The van der Waals surface area contributed by atoms with Crippen molar-refractivity contribution in [3.8, 4) is 0 Å². The van der Waals surface area contributed by atoms with E-state index in [-0.39, 0.29) is 6.23 Å². The lowest BCUT2D eigenvalue weighted by Gasteiger charge is -2.35. The first-order valence-electron chi connectivity index (χ1n) is 6.94. The molecule has 1 unspecified atom stereocenters. The van der Waals surface area contributed by atoms with Crippen LogP contribution in [0.5, 0.6) is 0 Å². The average Bonchev–Trinajstić information content (AvgIpc) is 2.46. The summed E-state index contributed by atoms with van der Waals surface area (Å²) < 4.78 is 5.99. The van der Waals surface area contributed by atoms with Crippen molar-refractivity contribution >= 4 is 6.08 Å². The normalized spacial score (nSPS) is 18.5. The first kappa shape index (κ1) is 13.3. The van der Waals surface area contributed by atoms with Gasteiger partial charge in [-0.3, -0.25) is 4.90 Å². The lowest BCUT2D eigenvalue weighted by atomic mass is 10.0. The lowest BCUT2D eigenvalue weighted by Crippen LogP contribution is -2.35. The van der Waals surface area contributed by atoms with Gasteiger partial charge in [-0.1, -0.05) is 43.3 Å². The Hall–Kier alpha value is -1.12. The van der Waals surface area contributed by atoms with Gasteiger partial charge in [0, 0.05) is 25.3 Å². The average molecular weight is 245 g/mol. The van der Waals surface area contributed by atoms with Crippen LogP contribution in [0.15, 0.2) is 30.8 Å². The Bertz CT molecular complexity index is 382. The van der Waals surface area contributed by atoms with E-state index in [0.717, 1.165) is 19.7 Å². The molecule has 0 N–H and O–H groups in total. The summed E-state index contributed by atoms with van der Waals surface area (Å²) in [7, 11) is 0. The molecule has 0 amide bonds. The lowest BCUT2D eigenvalue weighted by molar-refractivity contribution is -0.0653. The highest BCUT2D eigenvalue weighted by Gasteiger charge is 2.23. The number of ether oxygens (including phenoxy) is 1. The van der Waals surface area contributed by atoms with Crippen LogP contribution >= 0.6 is 0 Å². The fraction of sp³-hybridized carbons (Fsp3) is 0.500. The summed E-state index contributed by atoms with van der Waals surface area (Å²) in [5.41, 5.74) is 2.43. The van der Waals surface area contributed by atoms with Gasteiger partial charge in [0.15, 0.2) is 0 Å². The molecule has 0 radical (unpaired) electrons. The third-order valence-corrected chi connectivity index (χ3v) is 3.53. The molecule has 98 valence electrons. The van der Waals surface area contributed by atoms with Gasteiger partial charge >= 0.3 is 0 Å². The van der Waals surface area contributed by atoms with Crippen LogP contribution in [0.3, 0.4) is 0 Å². The molecule has 0 aliphatic carbocycles. The topological polar surface area (TPSA) is 12.5 Å². The largest absolute Gasteiger partial charge is 0.359 e. The predicted octanol–water partition coefficient (Wildman–Crippen LogP) is 3.85. The first-order chi connectivity index (χ1) is 8.86. The Morgan fingerprint density at radius 1 is 1.28 bits per heavy atom. The van der Waals surface area contributed by atoms with Gasteiger partial charge in [0.2, 0.25) is 0 Å². The standard InChI is InChI=1S/C16H23NO/c1-3-14-10-6-7-11-15(14)16(18-4-2)17-12-8-5-9-13-17/h3,6-7,10-11,16H,1,4-5,8-9,12-13H2,2H3. The summed E-state index contributed by atoms with van der Waals surface area (Å²) in [5.74, 6) is 0. The Morgan fingerprint density at radius 2 is 2.00 bits per heavy atom. The second-order valence-corrected chi connectivity index (χ2v) is 4.74. The third kappa shape index (κ3) is 3.01. The number of hydrogen-bond acceptors (Lipinski definition) is 2. The highest BCUT2D eigenvalue weighted by atomic mass is 16.5. The molecule has 2 nitrogen and oxygen atoms in total. The van der Waals surface area contributed by atoms with Crippen LogP contribution in [-0.4, -0.2) is 24.6 Å². The summed E-state index contributed by atoms with van der Waals surface area (Å²) in [6.45, 7) is 8.98. The van der Waals surface area contributed by atoms with E-state index in [9.17, 15) is 0 Å². The number of likely N-dealkylation sites (tertiary alicyclic amines) is 1. The molecule has 0 bridgehead atoms. The maximum Gasteiger partial charge on any atom is 0.137 e. The number of benzene rings is 1. The van der Waals surface area contributed by atoms with Crippen LogP contribution in [0.2, 0.25) is 0 Å². The van der Waals surface area contributed by atoms with Gasteiger partial charge in [0.1, 0.15) is 6.23 Å². The highest BCUT2D eigenvalue weighted by Crippen LogP contribution is 2.28. The molecule has 1 aliphatic rings. The number of hydrogen-bond donors (Lipinski definition) is 0. The first-order valence-corrected chi connectivity index (χ1v) is 6.94. The van der Waals surface area contributed by atoms with Gasteiger partial charge < -0.3 is 4.74 Å². The van der Waals surface area contributed by atoms with Crippen molar-refractivity contribution in [3.63, 3.8) is 0 Å². The molecule has 0 spiro atoms. The van der Waals surface area contributed by atoms with Gasteiger partial charge in [0.05, 0.1) is 0 Å². The van der Waals surface area contributed by atoms with E-state index in [4.69, 9.17) is 4.74 Å². The Balaban J connectivity index is 2.24. The van der Waals surface area contributed by atoms with Crippen LogP contribution in [0, 0.1) is 0 Å². The van der Waals surface area contributed by atoms with Crippen molar-refractivity contribution in [2.45, 2.75) is 32.4 Å². The van der Waals surface area contributed by atoms with Gasteiger partial charge in [-0.05, 0) is 25.3 Å². The molecule has 1 aromatic carbocycles. The van der Waals surface area contributed by atoms with Crippen molar-refractivity contribution in [3.05, 3.63) is 42.0 Å². The van der Waals surface area contributed by atoms with E-state index in [1.54, 1.807) is 0 Å². The van der Waals surface area contributed by atoms with Gasteiger partial charge in [-0.15, -0.1) is 0 Å². The second-order valence-electron chi connectivity index (χ2n) is 4.74. The minimum Gasteiger partial charge on any atom is -0.359 e. The van der Waals surface area contributed by atoms with Crippen LogP contribution in [0.1, 0.15) is 43.5 Å². The molecular weight excluding hydrogens is 222 g/mol. The van der Waals surface area contributed by atoms with Crippen molar-refractivity contribution in [1.29, 1.82) is 0 Å². The molecule has 1 aliphatic heterocycles. The van der Waals surface area contributed by atoms with E-state index in [1.165, 1.54) is 30.4 Å². The molecule has 1 fully saturated rings. The quantitative estimate of drug-likeness (QED) is 0.781. The smallest absolute Gasteiger partial charge is 0.137 e. The van der Waals surface area contributed by atoms with E-state index in [2.05, 4.69) is 42.7 Å². The molecular formula is C16H23NO. The van der Waals surface area contributed by atoms with E-state index in [0.29, 0.717) is 0 Å². The fourth-order valence-corrected chi connectivity index (χ4v) is 2.62. The van der Waals surface area contributed by atoms with Crippen LogP contribution < -0.4 is 0 Å². The van der Waals surface area contributed by atoms with E-state index in [1.807, 2.05) is 6.08 Å². The third-order valence-electron chi connectivity index (χ3n) is 3.53. The minimum absolute atomic E-state index is 0.0875. The monoisotopic (exact) mass is 245 g/mol. The second kappa shape index (κ2) is 6.72. The van der Waals surface area contributed by atoms with Crippen molar-refractivity contribution in [1.82, 2.24) is 4.90 Å². The van der Waals surface area contributed by atoms with Gasteiger partial charge in [0.25, 0.3) is 0 Å². The van der Waals surface area contributed by atoms with Crippen molar-refractivity contribution in [2.24, 2.45) is 0 Å². The predicted molar refractivity (Wildman–Crippen MR) is 76.3 cm³/mol. The molecule has 18 heavy (non-hydrogen) atoms. The number of rotatable bonds is 5. The minimum atomic E-state index is 0.0875. The van der Waals surface area contributed by atoms with Crippen molar-refractivity contribution < 1.29 is 4.74 Å². The highest BCUT2D eigenvalue weighted by molar-refractivity contribution is 5.52. The zero-order valence-electron chi connectivity index (χ0n) is 11.3. The molecule has 0 saturated carbocycles. The maximum atomic E-state index is 5.99. The van der Waals surface area contributed by atoms with Crippen LogP contribution in [0.4, 0.5) is 0 Å². The van der Waals surface area contributed by atoms with Gasteiger partial charge in [-0.2, -0.15) is 0 Å². The number of piperidine rings is 1. The summed E-state index contributed by atoms with van der Waals surface area (Å²) in [5, 5.41) is 0. The Kier molecular flexibility index (Phi) is 4.97. The number of nitrogens with zero attached hydrogens (tertiary/aromatic N) is 1. The summed E-state index contributed by atoms with van der Waals surface area (Å²) in [6, 6.07) is 8.41. The summed E-state index contributed by atoms with van der Waals surface area (Å²) in [6.07, 6.45) is 5.91. The Morgan fingerprint density at radius 3 is 2.67 bits per heavy atom. The zero-order valence-corrected chi connectivity index (χ0v) is 11.3. The summed E-state index contributed by atoms with van der Waals surface area (Å²) >= 11 is 0. The molecule has 1 atom stereocenters. The molecule has 0 aromatic heterocycles. The summed E-state index contributed by atoms with van der Waals surface area (Å²) in [4.78, 5) is 2.45. The SMILES string of the molecule is C=Cc1ccccc1C(OCC)N1CCCCC1. The fourth-order valence-electron chi connectivity index (χ4n) is 2.62. The van der Waals surface area contributed by atoms with Crippen LogP contribution in [0.25, 0.3) is 6.08 Å². The van der Waals surface area contributed by atoms with E-state index >= 15 is 0 Å². The molecule has 1 heterocycles. The molecule has 2 heteroatoms. The Labute approximate surface area is 110 Å². The van der Waals surface area contributed by atoms with E-state index < -0.39 is 0 Å². The molecule has 1 aromatic rings.